The van der Waals surface area contributed by atoms with Gasteiger partial charge in [0.1, 0.15) is 6.10 Å². The Balaban J connectivity index is 2.14. The van der Waals surface area contributed by atoms with Crippen LogP contribution in [0.4, 0.5) is 17.1 Å². The van der Waals surface area contributed by atoms with Crippen molar-refractivity contribution in [2.75, 3.05) is 16.7 Å². The molecular formula is C22H23N3O6S2. The van der Waals surface area contributed by atoms with Crippen molar-refractivity contribution in [3.63, 3.8) is 0 Å². The second-order valence-corrected chi connectivity index (χ2v) is 10.0. The van der Waals surface area contributed by atoms with Gasteiger partial charge in [0.15, 0.2) is 4.90 Å². The number of thiophene rings is 1. The molecule has 0 radical (unpaired) electrons. The molecule has 0 saturated heterocycles. The number of para-hydroxylation sites is 1. The first-order valence-corrected chi connectivity index (χ1v) is 12.3. The Morgan fingerprint density at radius 1 is 1.21 bits per heavy atom. The van der Waals surface area contributed by atoms with Gasteiger partial charge in [-0.25, -0.2) is 8.42 Å². The number of anilines is 2. The van der Waals surface area contributed by atoms with E-state index in [1.807, 2.05) is 11.4 Å². The highest BCUT2D eigenvalue weighted by molar-refractivity contribution is 7.93. The van der Waals surface area contributed by atoms with Gasteiger partial charge in [0.05, 0.1) is 17.2 Å². The van der Waals surface area contributed by atoms with Crippen molar-refractivity contribution in [1.29, 1.82) is 0 Å². The molecule has 0 fully saturated rings. The van der Waals surface area contributed by atoms with Crippen molar-refractivity contribution in [2.45, 2.75) is 30.9 Å². The predicted octanol–water partition coefficient (Wildman–Crippen LogP) is 4.20. The van der Waals surface area contributed by atoms with Crippen LogP contribution in [0.25, 0.3) is 0 Å². The molecule has 0 spiro atoms. The largest absolute Gasteiger partial charge is 0.465 e. The van der Waals surface area contributed by atoms with E-state index in [-0.39, 0.29) is 11.4 Å². The molecule has 0 aliphatic rings. The number of carbonyl (C=O) groups is 1. The molecule has 0 aliphatic heterocycles. The Hall–Kier alpha value is -3.44. The highest BCUT2D eigenvalue weighted by atomic mass is 32.2. The first-order chi connectivity index (χ1) is 15.8. The fraction of sp³-hybridized carbons (Fsp3) is 0.227. The van der Waals surface area contributed by atoms with Crippen molar-refractivity contribution in [3.05, 3.63) is 80.5 Å². The number of hydrogen-bond donors (Lipinski definition) is 1. The van der Waals surface area contributed by atoms with Gasteiger partial charge >= 0.3 is 0 Å². The van der Waals surface area contributed by atoms with Crippen molar-refractivity contribution in [2.24, 2.45) is 0 Å². The van der Waals surface area contributed by atoms with Gasteiger partial charge in [-0.3, -0.25) is 19.2 Å². The van der Waals surface area contributed by atoms with Gasteiger partial charge in [-0.05, 0) is 48.2 Å². The summed E-state index contributed by atoms with van der Waals surface area (Å²) in [5.74, 6) is 0. The van der Waals surface area contributed by atoms with Crippen molar-refractivity contribution < 1.29 is 22.9 Å². The number of hydrogen-bond acceptors (Lipinski definition) is 8. The molecule has 1 atom stereocenters. The predicted molar refractivity (Wildman–Crippen MR) is 127 cm³/mol. The number of nitrogens with zero attached hydrogens (tertiary/aromatic N) is 2. The lowest BCUT2D eigenvalue weighted by molar-refractivity contribution is -0.387. The third kappa shape index (κ3) is 5.49. The van der Waals surface area contributed by atoms with Crippen LogP contribution in [0.5, 0.6) is 0 Å². The summed E-state index contributed by atoms with van der Waals surface area (Å²) in [5.41, 5.74) is 1.33. The third-order valence-electron chi connectivity index (χ3n) is 4.95. The summed E-state index contributed by atoms with van der Waals surface area (Å²) in [6.07, 6.45) is -0.0800. The van der Waals surface area contributed by atoms with E-state index in [4.69, 9.17) is 4.74 Å². The van der Waals surface area contributed by atoms with Gasteiger partial charge in [0, 0.05) is 30.1 Å². The fourth-order valence-electron chi connectivity index (χ4n) is 3.40. The van der Waals surface area contributed by atoms with Crippen LogP contribution < -0.4 is 9.62 Å². The second-order valence-electron chi connectivity index (χ2n) is 7.15. The van der Waals surface area contributed by atoms with Gasteiger partial charge in [-0.2, -0.15) is 0 Å². The molecule has 3 rings (SSSR count). The molecule has 1 N–H and O–H groups in total. The van der Waals surface area contributed by atoms with Crippen LogP contribution in [-0.4, -0.2) is 33.0 Å². The minimum absolute atomic E-state index is 0.00474. The molecule has 174 valence electrons. The Kier molecular flexibility index (Phi) is 7.67. The van der Waals surface area contributed by atoms with E-state index in [0.717, 1.165) is 20.4 Å². The molecule has 0 saturated carbocycles. The SMILES string of the molecule is CNc1ccc(N(Cc2cccs2)S(=O)(=O)c2ccccc2[N+](=O)[O-])cc1CC(C)OC=O. The zero-order valence-corrected chi connectivity index (χ0v) is 19.6. The van der Waals surface area contributed by atoms with Crippen molar-refractivity contribution >= 4 is 44.9 Å². The van der Waals surface area contributed by atoms with Crippen LogP contribution >= 0.6 is 11.3 Å². The zero-order chi connectivity index (χ0) is 24.0. The standard InChI is InChI=1S/C22H23N3O6S2/c1-16(31-15-26)12-17-13-18(9-10-20(17)23-2)24(14-19-6-5-11-32-19)33(29,30)22-8-4-3-7-21(22)25(27)28/h3-11,13,15-16,23H,12,14H2,1-2H3. The number of carbonyl (C=O) groups excluding carboxylic acids is 1. The summed E-state index contributed by atoms with van der Waals surface area (Å²) in [6, 6.07) is 14.0. The topological polar surface area (TPSA) is 119 Å². The highest BCUT2D eigenvalue weighted by Crippen LogP contribution is 2.34. The maximum atomic E-state index is 13.7. The average molecular weight is 490 g/mol. The molecule has 0 amide bonds. The molecular weight excluding hydrogens is 466 g/mol. The molecule has 9 nitrogen and oxygen atoms in total. The maximum absolute atomic E-state index is 13.7. The molecule has 2 aromatic carbocycles. The average Bonchev–Trinajstić information content (AvgIpc) is 3.31. The number of nitro groups is 1. The number of nitro benzene ring substituents is 1. The van der Waals surface area contributed by atoms with Crippen LogP contribution in [0.2, 0.25) is 0 Å². The summed E-state index contributed by atoms with van der Waals surface area (Å²) >= 11 is 1.39. The zero-order valence-electron chi connectivity index (χ0n) is 18.0. The molecule has 1 heterocycles. The fourth-order valence-corrected chi connectivity index (χ4v) is 5.77. The van der Waals surface area contributed by atoms with Gasteiger partial charge in [0.2, 0.25) is 0 Å². The van der Waals surface area contributed by atoms with E-state index in [2.05, 4.69) is 5.32 Å². The van der Waals surface area contributed by atoms with Gasteiger partial charge in [0.25, 0.3) is 22.2 Å². The monoisotopic (exact) mass is 489 g/mol. The normalized spacial score (nSPS) is 12.1. The quantitative estimate of drug-likeness (QED) is 0.244. The number of ether oxygens (including phenoxy) is 1. The number of rotatable bonds is 11. The summed E-state index contributed by atoms with van der Waals surface area (Å²) in [7, 11) is -2.56. The van der Waals surface area contributed by atoms with Crippen LogP contribution in [0, 0.1) is 10.1 Å². The first kappa shape index (κ1) is 24.2. The van der Waals surface area contributed by atoms with Crippen molar-refractivity contribution in [3.8, 4) is 0 Å². The van der Waals surface area contributed by atoms with E-state index in [9.17, 15) is 23.3 Å². The Morgan fingerprint density at radius 2 is 1.97 bits per heavy atom. The molecule has 1 unspecified atom stereocenters. The lowest BCUT2D eigenvalue weighted by Gasteiger charge is -2.25. The second kappa shape index (κ2) is 10.5. The van der Waals surface area contributed by atoms with Gasteiger partial charge in [-0.1, -0.05) is 18.2 Å². The Labute approximate surface area is 195 Å². The van der Waals surface area contributed by atoms with E-state index in [1.165, 1.54) is 35.6 Å². The lowest BCUT2D eigenvalue weighted by atomic mass is 10.1. The number of nitrogens with one attached hydrogen (secondary N) is 1. The van der Waals surface area contributed by atoms with E-state index in [0.29, 0.717) is 18.6 Å². The van der Waals surface area contributed by atoms with Gasteiger partial charge in [-0.15, -0.1) is 11.3 Å². The summed E-state index contributed by atoms with van der Waals surface area (Å²) < 4.78 is 33.6. The molecule has 33 heavy (non-hydrogen) atoms. The molecule has 11 heteroatoms. The Morgan fingerprint density at radius 3 is 2.61 bits per heavy atom. The smallest absolute Gasteiger partial charge is 0.293 e. The molecule has 1 aromatic heterocycles. The van der Waals surface area contributed by atoms with Crippen LogP contribution in [0.1, 0.15) is 17.4 Å². The molecule has 3 aromatic rings. The Bertz CT molecular complexity index is 1230. The van der Waals surface area contributed by atoms with Crippen molar-refractivity contribution in [1.82, 2.24) is 0 Å². The number of sulfonamides is 1. The molecule has 0 aliphatic carbocycles. The highest BCUT2D eigenvalue weighted by Gasteiger charge is 2.32. The van der Waals surface area contributed by atoms with E-state index in [1.54, 1.807) is 38.2 Å². The minimum atomic E-state index is -4.29. The summed E-state index contributed by atoms with van der Waals surface area (Å²) in [4.78, 5) is 21.9. The van der Waals surface area contributed by atoms with Crippen LogP contribution in [-0.2, 0) is 32.5 Å². The molecule has 0 bridgehead atoms. The van der Waals surface area contributed by atoms with Crippen LogP contribution in [0.15, 0.2) is 64.9 Å². The van der Waals surface area contributed by atoms with Gasteiger partial charge < -0.3 is 10.1 Å². The summed E-state index contributed by atoms with van der Waals surface area (Å²) in [6.45, 7) is 2.11. The first-order valence-electron chi connectivity index (χ1n) is 9.96. The van der Waals surface area contributed by atoms with Crippen LogP contribution in [0.3, 0.4) is 0 Å². The lowest BCUT2D eigenvalue weighted by Crippen LogP contribution is -2.31. The summed E-state index contributed by atoms with van der Waals surface area (Å²) in [5, 5.41) is 16.4. The minimum Gasteiger partial charge on any atom is -0.465 e. The number of benzene rings is 2. The van der Waals surface area contributed by atoms with E-state index < -0.39 is 26.7 Å². The van der Waals surface area contributed by atoms with E-state index >= 15 is 0 Å². The third-order valence-corrected chi connectivity index (χ3v) is 7.63. The maximum Gasteiger partial charge on any atom is 0.293 e.